The number of hydrogen-bond acceptors (Lipinski definition) is 9. The van der Waals surface area contributed by atoms with Crippen molar-refractivity contribution in [2.75, 3.05) is 12.3 Å². The summed E-state index contributed by atoms with van der Waals surface area (Å²) in [5, 5.41) is 18.1. The summed E-state index contributed by atoms with van der Waals surface area (Å²) in [6, 6.07) is 9.80. The number of nitrogens with two attached hydrogens (primary N) is 1. The van der Waals surface area contributed by atoms with Crippen molar-refractivity contribution in [2.24, 2.45) is 0 Å². The molecular weight excluding hydrogens is 384 g/mol. The van der Waals surface area contributed by atoms with Crippen molar-refractivity contribution in [3.63, 3.8) is 0 Å². The quantitative estimate of drug-likeness (QED) is 0.487. The van der Waals surface area contributed by atoms with Gasteiger partial charge in [-0.2, -0.15) is 5.26 Å². The summed E-state index contributed by atoms with van der Waals surface area (Å²) in [6.07, 6.45) is 0. The predicted octanol–water partition coefficient (Wildman–Crippen LogP) is 4.03. The Bertz CT molecular complexity index is 1020. The lowest BCUT2D eigenvalue weighted by Crippen LogP contribution is -2.05. The molecule has 0 saturated heterocycles. The summed E-state index contributed by atoms with van der Waals surface area (Å²) in [5.74, 6) is 0.217. The van der Waals surface area contributed by atoms with Crippen molar-refractivity contribution in [3.05, 3.63) is 45.8 Å². The molecule has 0 aliphatic heterocycles. The van der Waals surface area contributed by atoms with Gasteiger partial charge in [-0.1, -0.05) is 29.5 Å². The third kappa shape index (κ3) is 4.13. The maximum absolute atomic E-state index is 12.1. The minimum Gasteiger partial charge on any atom is -0.462 e. The standard InChI is InChI=1S/C18H16N4O3S2/c1-3-24-17(23)14-13(12(8-19)15(20)27-14)9-26-18-22-21-16(25-18)11-6-4-5-10(2)7-11/h4-7H,3,9,20H2,1-2H3. The zero-order valence-electron chi connectivity index (χ0n) is 14.7. The molecule has 0 radical (unpaired) electrons. The molecule has 7 nitrogen and oxygen atoms in total. The minimum absolute atomic E-state index is 0.245. The molecule has 0 atom stereocenters. The fourth-order valence-corrected chi connectivity index (χ4v) is 4.22. The molecule has 138 valence electrons. The van der Waals surface area contributed by atoms with E-state index in [2.05, 4.69) is 16.3 Å². The van der Waals surface area contributed by atoms with Crippen LogP contribution in [0.5, 0.6) is 0 Å². The van der Waals surface area contributed by atoms with Crippen LogP contribution in [0.4, 0.5) is 5.00 Å². The first-order valence-corrected chi connectivity index (χ1v) is 9.85. The van der Waals surface area contributed by atoms with E-state index in [1.165, 1.54) is 11.8 Å². The Morgan fingerprint density at radius 2 is 2.26 bits per heavy atom. The van der Waals surface area contributed by atoms with E-state index >= 15 is 0 Å². The van der Waals surface area contributed by atoms with Gasteiger partial charge in [0.1, 0.15) is 15.9 Å². The second-order valence-electron chi connectivity index (χ2n) is 5.51. The molecule has 0 aliphatic carbocycles. The molecule has 3 rings (SSSR count). The molecule has 27 heavy (non-hydrogen) atoms. The normalized spacial score (nSPS) is 10.6. The summed E-state index contributed by atoms with van der Waals surface area (Å²) < 4.78 is 10.7. The van der Waals surface area contributed by atoms with Crippen LogP contribution >= 0.6 is 23.1 Å². The van der Waals surface area contributed by atoms with E-state index in [9.17, 15) is 10.1 Å². The molecule has 0 unspecified atom stereocenters. The first kappa shape index (κ1) is 18.9. The van der Waals surface area contributed by atoms with E-state index in [1.807, 2.05) is 31.2 Å². The number of ether oxygens (including phenoxy) is 1. The predicted molar refractivity (Wildman–Crippen MR) is 103 cm³/mol. The van der Waals surface area contributed by atoms with Crippen molar-refractivity contribution >= 4 is 34.1 Å². The lowest BCUT2D eigenvalue weighted by atomic mass is 10.1. The number of anilines is 1. The van der Waals surface area contributed by atoms with Crippen molar-refractivity contribution in [2.45, 2.75) is 24.8 Å². The number of rotatable bonds is 6. The van der Waals surface area contributed by atoms with Gasteiger partial charge in [0.2, 0.25) is 5.89 Å². The van der Waals surface area contributed by atoms with Crippen LogP contribution in [-0.4, -0.2) is 22.8 Å². The van der Waals surface area contributed by atoms with Crippen LogP contribution in [0.15, 0.2) is 33.9 Å². The summed E-state index contributed by atoms with van der Waals surface area (Å²) in [6.45, 7) is 3.95. The van der Waals surface area contributed by atoms with Gasteiger partial charge in [0.05, 0.1) is 12.2 Å². The van der Waals surface area contributed by atoms with Gasteiger partial charge >= 0.3 is 5.97 Å². The molecule has 0 bridgehead atoms. The number of aryl methyl sites for hydroxylation is 1. The van der Waals surface area contributed by atoms with E-state index in [0.717, 1.165) is 22.5 Å². The molecule has 2 N–H and O–H groups in total. The Morgan fingerprint density at radius 1 is 1.44 bits per heavy atom. The average molecular weight is 400 g/mol. The first-order valence-electron chi connectivity index (χ1n) is 8.05. The summed E-state index contributed by atoms with van der Waals surface area (Å²) >= 11 is 2.29. The molecule has 0 aliphatic rings. The van der Waals surface area contributed by atoms with Crippen molar-refractivity contribution in [1.82, 2.24) is 10.2 Å². The van der Waals surface area contributed by atoms with Gasteiger partial charge in [-0.25, -0.2) is 4.79 Å². The number of hydrogen-bond donors (Lipinski definition) is 1. The monoisotopic (exact) mass is 400 g/mol. The van der Waals surface area contributed by atoms with E-state index in [0.29, 0.717) is 32.3 Å². The van der Waals surface area contributed by atoms with Gasteiger partial charge < -0.3 is 14.9 Å². The summed E-state index contributed by atoms with van der Waals surface area (Å²) in [7, 11) is 0. The summed E-state index contributed by atoms with van der Waals surface area (Å²) in [4.78, 5) is 12.5. The molecule has 0 saturated carbocycles. The lowest BCUT2D eigenvalue weighted by molar-refractivity contribution is 0.0531. The molecule has 0 fully saturated rings. The second-order valence-corrected chi connectivity index (χ2v) is 7.49. The van der Waals surface area contributed by atoms with Crippen molar-refractivity contribution < 1.29 is 13.9 Å². The highest BCUT2D eigenvalue weighted by atomic mass is 32.2. The average Bonchev–Trinajstić information content (AvgIpc) is 3.24. The maximum atomic E-state index is 12.1. The number of thioether (sulfide) groups is 1. The number of esters is 1. The van der Waals surface area contributed by atoms with Gasteiger partial charge in [-0.15, -0.1) is 21.5 Å². The SMILES string of the molecule is CCOC(=O)c1sc(N)c(C#N)c1CSc1nnc(-c2cccc(C)c2)o1. The highest BCUT2D eigenvalue weighted by molar-refractivity contribution is 7.98. The summed E-state index contributed by atoms with van der Waals surface area (Å²) in [5.41, 5.74) is 8.61. The molecule has 0 amide bonds. The van der Waals surface area contributed by atoms with Crippen LogP contribution in [0.3, 0.4) is 0 Å². The number of carbonyl (C=O) groups is 1. The van der Waals surface area contributed by atoms with E-state index < -0.39 is 5.97 Å². The van der Waals surface area contributed by atoms with Crippen LogP contribution in [-0.2, 0) is 10.5 Å². The van der Waals surface area contributed by atoms with Crippen LogP contribution in [0.25, 0.3) is 11.5 Å². The van der Waals surface area contributed by atoms with E-state index in [1.54, 1.807) is 6.92 Å². The van der Waals surface area contributed by atoms with Gasteiger partial charge in [-0.3, -0.25) is 0 Å². The zero-order valence-corrected chi connectivity index (χ0v) is 16.3. The fraction of sp³-hybridized carbons (Fsp3) is 0.222. The Labute approximate surface area is 164 Å². The van der Waals surface area contributed by atoms with Crippen LogP contribution in [0.2, 0.25) is 0 Å². The highest BCUT2D eigenvalue weighted by Gasteiger charge is 2.23. The smallest absolute Gasteiger partial charge is 0.348 e. The van der Waals surface area contributed by atoms with Crippen LogP contribution in [0.1, 0.15) is 33.3 Å². The number of nitriles is 1. The van der Waals surface area contributed by atoms with Gasteiger partial charge in [-0.05, 0) is 26.0 Å². The Kier molecular flexibility index (Phi) is 5.78. The molecule has 2 aromatic heterocycles. The molecule has 0 spiro atoms. The van der Waals surface area contributed by atoms with Crippen LogP contribution < -0.4 is 5.73 Å². The number of benzene rings is 1. The lowest BCUT2D eigenvalue weighted by Gasteiger charge is -2.02. The third-order valence-corrected chi connectivity index (χ3v) is 5.50. The van der Waals surface area contributed by atoms with Crippen molar-refractivity contribution in [1.29, 1.82) is 5.26 Å². The molecule has 2 heterocycles. The highest BCUT2D eigenvalue weighted by Crippen LogP contribution is 2.35. The number of carbonyl (C=O) groups excluding carboxylic acids is 1. The Morgan fingerprint density at radius 3 is 2.96 bits per heavy atom. The molecular formula is C18H16N4O3S2. The van der Waals surface area contributed by atoms with E-state index in [4.69, 9.17) is 14.9 Å². The number of thiophene rings is 1. The maximum Gasteiger partial charge on any atom is 0.348 e. The fourth-order valence-electron chi connectivity index (χ4n) is 2.40. The van der Waals surface area contributed by atoms with Gasteiger partial charge in [0.25, 0.3) is 5.22 Å². The second kappa shape index (κ2) is 8.24. The zero-order chi connectivity index (χ0) is 19.4. The third-order valence-electron chi connectivity index (χ3n) is 3.62. The Balaban J connectivity index is 1.81. The van der Waals surface area contributed by atoms with Crippen molar-refractivity contribution in [3.8, 4) is 17.5 Å². The largest absolute Gasteiger partial charge is 0.462 e. The number of nitrogen functional groups attached to an aromatic ring is 1. The van der Waals surface area contributed by atoms with Gasteiger partial charge in [0.15, 0.2) is 0 Å². The van der Waals surface area contributed by atoms with Gasteiger partial charge in [0, 0.05) is 16.9 Å². The minimum atomic E-state index is -0.489. The number of aromatic nitrogens is 2. The topological polar surface area (TPSA) is 115 Å². The Hall–Kier alpha value is -2.83. The molecule has 3 aromatic rings. The first-order chi connectivity index (χ1) is 13.0. The van der Waals surface area contributed by atoms with E-state index in [-0.39, 0.29) is 12.2 Å². The molecule has 9 heteroatoms. The number of nitrogens with zero attached hydrogens (tertiary/aromatic N) is 3. The molecule has 1 aromatic carbocycles. The van der Waals surface area contributed by atoms with Crippen LogP contribution in [0, 0.1) is 18.3 Å².